The highest BCUT2D eigenvalue weighted by Crippen LogP contribution is 2.29. The van der Waals surface area contributed by atoms with Crippen molar-refractivity contribution in [3.8, 4) is 22.8 Å². The second kappa shape index (κ2) is 6.04. The van der Waals surface area contributed by atoms with Crippen molar-refractivity contribution in [3.63, 3.8) is 0 Å². The molecule has 0 saturated carbocycles. The minimum Gasteiger partial charge on any atom is -0.436 e. The average molecular weight is 310 g/mol. The van der Waals surface area contributed by atoms with Crippen LogP contribution in [-0.2, 0) is 0 Å². The van der Waals surface area contributed by atoms with E-state index in [9.17, 15) is 9.18 Å². The van der Waals surface area contributed by atoms with Gasteiger partial charge >= 0.3 is 0 Å². The number of hydrogen-bond acceptors (Lipinski definition) is 3. The molecular formula is C18H15FN2O2. The molecular weight excluding hydrogens is 295 g/mol. The lowest BCUT2D eigenvalue weighted by atomic mass is 10.1. The summed E-state index contributed by atoms with van der Waals surface area (Å²) in [6, 6.07) is 13.4. The van der Waals surface area contributed by atoms with Gasteiger partial charge in [0.05, 0.1) is 17.3 Å². The van der Waals surface area contributed by atoms with Crippen molar-refractivity contribution in [2.45, 2.75) is 0 Å². The molecule has 0 spiro atoms. The highest BCUT2D eigenvalue weighted by Gasteiger charge is 2.18. The van der Waals surface area contributed by atoms with Gasteiger partial charge in [0.1, 0.15) is 5.82 Å². The van der Waals surface area contributed by atoms with Gasteiger partial charge in [0, 0.05) is 19.7 Å². The number of aromatic nitrogens is 1. The quantitative estimate of drug-likeness (QED) is 0.738. The summed E-state index contributed by atoms with van der Waals surface area (Å²) in [5.74, 6) is 0.0818. The number of carbonyl (C=O) groups is 1. The van der Waals surface area contributed by atoms with Crippen molar-refractivity contribution >= 4 is 5.91 Å². The van der Waals surface area contributed by atoms with E-state index in [0.717, 1.165) is 0 Å². The van der Waals surface area contributed by atoms with Crippen molar-refractivity contribution < 1.29 is 13.6 Å². The van der Waals surface area contributed by atoms with Crippen LogP contribution in [0.15, 0.2) is 59.1 Å². The fourth-order valence-corrected chi connectivity index (χ4v) is 2.28. The summed E-state index contributed by atoms with van der Waals surface area (Å²) in [6.07, 6.45) is 1.46. The van der Waals surface area contributed by atoms with E-state index in [4.69, 9.17) is 4.42 Å². The van der Waals surface area contributed by atoms with Gasteiger partial charge in [-0.25, -0.2) is 9.37 Å². The molecule has 116 valence electrons. The fourth-order valence-electron chi connectivity index (χ4n) is 2.28. The number of amides is 1. The first kappa shape index (κ1) is 15.0. The Bertz CT molecular complexity index is 855. The molecule has 23 heavy (non-hydrogen) atoms. The van der Waals surface area contributed by atoms with Crippen molar-refractivity contribution in [2.24, 2.45) is 0 Å². The van der Waals surface area contributed by atoms with Gasteiger partial charge in [-0.2, -0.15) is 0 Å². The average Bonchev–Trinajstić information content (AvgIpc) is 3.04. The molecule has 3 aromatic rings. The predicted molar refractivity (Wildman–Crippen MR) is 85.4 cm³/mol. The topological polar surface area (TPSA) is 46.3 Å². The number of benzene rings is 2. The summed E-state index contributed by atoms with van der Waals surface area (Å²) >= 11 is 0. The molecule has 0 aliphatic rings. The Morgan fingerprint density at radius 3 is 2.39 bits per heavy atom. The standard InChI is InChI=1S/C18H15FN2O2/c1-21(2)18(22)13-8-4-3-7-12(13)17-20-11-16(23-17)14-9-5-6-10-15(14)19/h3-11H,1-2H3. The van der Waals surface area contributed by atoms with E-state index in [2.05, 4.69) is 4.98 Å². The summed E-state index contributed by atoms with van der Waals surface area (Å²) < 4.78 is 19.5. The summed E-state index contributed by atoms with van der Waals surface area (Å²) in [7, 11) is 3.36. The molecule has 0 aliphatic heterocycles. The highest BCUT2D eigenvalue weighted by atomic mass is 19.1. The van der Waals surface area contributed by atoms with Crippen LogP contribution in [0, 0.1) is 5.82 Å². The second-order valence-electron chi connectivity index (χ2n) is 5.25. The van der Waals surface area contributed by atoms with Crippen molar-refractivity contribution in [1.29, 1.82) is 0 Å². The van der Waals surface area contributed by atoms with E-state index in [1.54, 1.807) is 56.6 Å². The first-order valence-electron chi connectivity index (χ1n) is 7.09. The van der Waals surface area contributed by atoms with E-state index in [1.165, 1.54) is 17.2 Å². The Labute approximate surface area is 133 Å². The maximum Gasteiger partial charge on any atom is 0.254 e. The van der Waals surface area contributed by atoms with Gasteiger partial charge in [0.25, 0.3) is 5.91 Å². The molecule has 1 amide bonds. The van der Waals surface area contributed by atoms with Crippen LogP contribution in [0.5, 0.6) is 0 Å². The zero-order valence-electron chi connectivity index (χ0n) is 12.8. The number of rotatable bonds is 3. The minimum absolute atomic E-state index is 0.147. The number of halogens is 1. The highest BCUT2D eigenvalue weighted by molar-refractivity contribution is 5.99. The molecule has 4 nitrogen and oxygen atoms in total. The lowest BCUT2D eigenvalue weighted by Crippen LogP contribution is -2.22. The fraction of sp³-hybridized carbons (Fsp3) is 0.111. The first-order valence-corrected chi connectivity index (χ1v) is 7.09. The smallest absolute Gasteiger partial charge is 0.254 e. The SMILES string of the molecule is CN(C)C(=O)c1ccccc1-c1ncc(-c2ccccc2F)o1. The Balaban J connectivity index is 2.05. The van der Waals surface area contributed by atoms with Gasteiger partial charge < -0.3 is 9.32 Å². The largest absolute Gasteiger partial charge is 0.436 e. The van der Waals surface area contributed by atoms with Crippen LogP contribution in [0.2, 0.25) is 0 Å². The molecule has 2 aromatic carbocycles. The third kappa shape index (κ3) is 2.85. The van der Waals surface area contributed by atoms with Crippen LogP contribution in [0.3, 0.4) is 0 Å². The van der Waals surface area contributed by atoms with Gasteiger partial charge in [-0.1, -0.05) is 24.3 Å². The first-order chi connectivity index (χ1) is 11.1. The van der Waals surface area contributed by atoms with Crippen LogP contribution in [0.25, 0.3) is 22.8 Å². The van der Waals surface area contributed by atoms with Gasteiger partial charge in [-0.05, 0) is 24.3 Å². The molecule has 0 atom stereocenters. The molecule has 0 radical (unpaired) electrons. The molecule has 0 unspecified atom stereocenters. The van der Waals surface area contributed by atoms with Crippen LogP contribution in [0.1, 0.15) is 10.4 Å². The summed E-state index contributed by atoms with van der Waals surface area (Å²) in [4.78, 5) is 18.0. The van der Waals surface area contributed by atoms with Gasteiger partial charge in [0.15, 0.2) is 5.76 Å². The Hall–Kier alpha value is -2.95. The van der Waals surface area contributed by atoms with Gasteiger partial charge in [-0.15, -0.1) is 0 Å². The lowest BCUT2D eigenvalue weighted by Gasteiger charge is -2.12. The summed E-state index contributed by atoms with van der Waals surface area (Å²) in [5, 5.41) is 0. The molecule has 1 aromatic heterocycles. The lowest BCUT2D eigenvalue weighted by molar-refractivity contribution is 0.0828. The molecule has 0 fully saturated rings. The number of hydrogen-bond donors (Lipinski definition) is 0. The van der Waals surface area contributed by atoms with Crippen molar-refractivity contribution in [2.75, 3.05) is 14.1 Å². The van der Waals surface area contributed by atoms with E-state index in [1.807, 2.05) is 0 Å². The maximum absolute atomic E-state index is 13.9. The number of oxazole rings is 1. The third-order valence-electron chi connectivity index (χ3n) is 3.44. The number of carbonyl (C=O) groups excluding carboxylic acids is 1. The Kier molecular flexibility index (Phi) is 3.93. The minimum atomic E-state index is -0.382. The van der Waals surface area contributed by atoms with E-state index < -0.39 is 0 Å². The van der Waals surface area contributed by atoms with Crippen LogP contribution < -0.4 is 0 Å². The van der Waals surface area contributed by atoms with Crippen LogP contribution >= 0.6 is 0 Å². The molecule has 3 rings (SSSR count). The zero-order chi connectivity index (χ0) is 16.4. The van der Waals surface area contributed by atoms with Gasteiger partial charge in [0.2, 0.25) is 5.89 Å². The van der Waals surface area contributed by atoms with E-state index in [0.29, 0.717) is 22.5 Å². The van der Waals surface area contributed by atoms with Crippen molar-refractivity contribution in [1.82, 2.24) is 9.88 Å². The van der Waals surface area contributed by atoms with E-state index >= 15 is 0 Å². The Morgan fingerprint density at radius 2 is 1.70 bits per heavy atom. The molecule has 0 bridgehead atoms. The molecule has 5 heteroatoms. The van der Waals surface area contributed by atoms with E-state index in [-0.39, 0.29) is 17.6 Å². The predicted octanol–water partition coefficient (Wildman–Crippen LogP) is 3.85. The normalized spacial score (nSPS) is 10.6. The maximum atomic E-state index is 13.9. The van der Waals surface area contributed by atoms with Gasteiger partial charge in [-0.3, -0.25) is 4.79 Å². The Morgan fingerprint density at radius 1 is 1.04 bits per heavy atom. The second-order valence-corrected chi connectivity index (χ2v) is 5.25. The summed E-state index contributed by atoms with van der Waals surface area (Å²) in [5.41, 5.74) is 1.40. The monoisotopic (exact) mass is 310 g/mol. The molecule has 0 aliphatic carbocycles. The molecule has 1 heterocycles. The number of nitrogens with zero attached hydrogens (tertiary/aromatic N) is 2. The van der Waals surface area contributed by atoms with Crippen molar-refractivity contribution in [3.05, 3.63) is 66.1 Å². The molecule has 0 saturated heterocycles. The van der Waals surface area contributed by atoms with Crippen LogP contribution in [-0.4, -0.2) is 29.9 Å². The molecule has 0 N–H and O–H groups in total. The van der Waals surface area contributed by atoms with Crippen LogP contribution in [0.4, 0.5) is 4.39 Å². The third-order valence-corrected chi connectivity index (χ3v) is 3.44. The zero-order valence-corrected chi connectivity index (χ0v) is 12.8. The summed E-state index contributed by atoms with van der Waals surface area (Å²) in [6.45, 7) is 0.